The highest BCUT2D eigenvalue weighted by Crippen LogP contribution is 2.40. The van der Waals surface area contributed by atoms with E-state index in [0.717, 1.165) is 12.8 Å². The maximum Gasteiger partial charge on any atom is 0.322 e. The number of fused-ring (bicyclic) bond motifs is 1. The average molecular weight is 430 g/mol. The van der Waals surface area contributed by atoms with Crippen molar-refractivity contribution in [3.8, 4) is 0 Å². The first-order valence-corrected chi connectivity index (χ1v) is 10.5. The van der Waals surface area contributed by atoms with Crippen LogP contribution >= 0.6 is 11.6 Å². The molecule has 0 aliphatic carbocycles. The molecule has 30 heavy (non-hydrogen) atoms. The number of carbonyl (C=O) groups excluding carboxylic acids is 2. The molecule has 7 heteroatoms. The molecule has 2 heterocycles. The van der Waals surface area contributed by atoms with Gasteiger partial charge in [0.2, 0.25) is 0 Å². The highest BCUT2D eigenvalue weighted by atomic mass is 35.5. The van der Waals surface area contributed by atoms with Crippen LogP contribution in [0.3, 0.4) is 0 Å². The van der Waals surface area contributed by atoms with Gasteiger partial charge in [-0.1, -0.05) is 38.4 Å². The van der Waals surface area contributed by atoms with Gasteiger partial charge < -0.3 is 15.5 Å². The van der Waals surface area contributed by atoms with Gasteiger partial charge in [0, 0.05) is 40.0 Å². The number of urea groups is 1. The third-order valence-corrected chi connectivity index (χ3v) is 6.28. The largest absolute Gasteiger partial charge is 0.341 e. The first kappa shape index (κ1) is 20.7. The summed E-state index contributed by atoms with van der Waals surface area (Å²) in [5.41, 5.74) is 2.02. The summed E-state index contributed by atoms with van der Waals surface area (Å²) >= 11 is 6.31. The molecule has 0 spiro atoms. The van der Waals surface area contributed by atoms with Crippen LogP contribution in [0.4, 0.5) is 14.9 Å². The minimum atomic E-state index is -0.635. The van der Waals surface area contributed by atoms with E-state index in [0.29, 0.717) is 33.9 Å². The Hall–Kier alpha value is -2.60. The molecule has 1 fully saturated rings. The van der Waals surface area contributed by atoms with Gasteiger partial charge in [0.1, 0.15) is 5.82 Å². The van der Waals surface area contributed by atoms with Crippen LogP contribution in [-0.4, -0.2) is 29.4 Å². The van der Waals surface area contributed by atoms with Crippen LogP contribution in [0.15, 0.2) is 36.4 Å². The Bertz CT molecular complexity index is 1020. The number of nitrogens with zero attached hydrogens (tertiary/aromatic N) is 1. The monoisotopic (exact) mass is 429 g/mol. The van der Waals surface area contributed by atoms with E-state index in [1.54, 1.807) is 18.2 Å². The number of hydrogen-bond acceptors (Lipinski definition) is 2. The molecule has 0 saturated carbocycles. The third kappa shape index (κ3) is 3.65. The maximum atomic E-state index is 13.9. The lowest BCUT2D eigenvalue weighted by Crippen LogP contribution is -2.45. The summed E-state index contributed by atoms with van der Waals surface area (Å²) in [6, 6.07) is 8.57. The second-order valence-corrected chi connectivity index (χ2v) is 9.39. The highest BCUT2D eigenvalue weighted by Gasteiger charge is 2.38. The fourth-order valence-electron chi connectivity index (χ4n) is 4.53. The topological polar surface area (TPSA) is 61.4 Å². The Kier molecular flexibility index (Phi) is 5.22. The summed E-state index contributed by atoms with van der Waals surface area (Å²) in [7, 11) is 0. The van der Waals surface area contributed by atoms with Gasteiger partial charge in [-0.3, -0.25) is 4.79 Å². The number of rotatable bonds is 2. The fourth-order valence-corrected chi connectivity index (χ4v) is 4.76. The summed E-state index contributed by atoms with van der Waals surface area (Å²) in [5, 5.41) is 6.21. The number of nitrogens with one attached hydrogen (secondary N) is 2. The Morgan fingerprint density at radius 3 is 2.77 bits per heavy atom. The van der Waals surface area contributed by atoms with Crippen molar-refractivity contribution in [2.24, 2.45) is 5.41 Å². The molecule has 2 N–H and O–H groups in total. The van der Waals surface area contributed by atoms with Crippen LogP contribution in [-0.2, 0) is 0 Å². The molecule has 0 bridgehead atoms. The summed E-state index contributed by atoms with van der Waals surface area (Å²) in [5.74, 6) is -0.719. The van der Waals surface area contributed by atoms with Crippen LogP contribution in [0.5, 0.6) is 0 Å². The lowest BCUT2D eigenvalue weighted by Gasteiger charge is -2.35. The van der Waals surface area contributed by atoms with Crippen LogP contribution < -0.4 is 10.6 Å². The fraction of sp³-hybridized carbons (Fsp3) is 0.391. The van der Waals surface area contributed by atoms with Gasteiger partial charge in [0.15, 0.2) is 0 Å². The van der Waals surface area contributed by atoms with Crippen molar-refractivity contribution in [3.05, 3.63) is 63.9 Å². The highest BCUT2D eigenvalue weighted by molar-refractivity contribution is 6.31. The predicted molar refractivity (Wildman–Crippen MR) is 115 cm³/mol. The molecule has 2 aliphatic heterocycles. The third-order valence-electron chi connectivity index (χ3n) is 5.94. The van der Waals surface area contributed by atoms with Gasteiger partial charge in [-0.25, -0.2) is 9.18 Å². The minimum Gasteiger partial charge on any atom is -0.341 e. The molecular formula is C23H25ClFN3O2. The smallest absolute Gasteiger partial charge is 0.322 e. The number of amides is 3. The summed E-state index contributed by atoms with van der Waals surface area (Å²) in [6.45, 7) is 7.09. The van der Waals surface area contributed by atoms with Crippen molar-refractivity contribution in [1.82, 2.24) is 10.2 Å². The number of benzene rings is 2. The lowest BCUT2D eigenvalue weighted by molar-refractivity contribution is 0.0960. The van der Waals surface area contributed by atoms with E-state index >= 15 is 0 Å². The van der Waals surface area contributed by atoms with Crippen molar-refractivity contribution < 1.29 is 14.0 Å². The Morgan fingerprint density at radius 2 is 2.03 bits per heavy atom. The number of halogens is 2. The standard InChI is InChI=1S/C23H25ClFN3O2/c1-23(2,3)18-8-5-11-28(18)22(30)26-17-7-4-6-14-19(17)20(27-21(14)29)15-12-13(25)9-10-16(15)24/h4,6-7,9-10,12,18,20H,5,8,11H2,1-3H3,(H,26,30)(H,27,29)/t18-,20+/m1/s1. The van der Waals surface area contributed by atoms with E-state index in [4.69, 9.17) is 11.6 Å². The SMILES string of the molecule is CC(C)(C)[C@H]1CCCN1C(=O)Nc1cccc2c1[C@H](c1cc(F)ccc1Cl)NC2=O. The average Bonchev–Trinajstić information content (AvgIpc) is 3.30. The molecule has 2 aromatic rings. The first-order valence-electron chi connectivity index (χ1n) is 10.1. The zero-order valence-corrected chi connectivity index (χ0v) is 18.0. The van der Waals surface area contributed by atoms with Crippen LogP contribution in [0.1, 0.15) is 61.1 Å². The van der Waals surface area contributed by atoms with Crippen LogP contribution in [0.2, 0.25) is 5.02 Å². The minimum absolute atomic E-state index is 0.0262. The molecule has 2 atom stereocenters. The van der Waals surface area contributed by atoms with E-state index in [2.05, 4.69) is 31.4 Å². The molecule has 158 valence electrons. The molecule has 0 radical (unpaired) electrons. The predicted octanol–water partition coefficient (Wildman–Crippen LogP) is 5.35. The Balaban J connectivity index is 1.69. The number of hydrogen-bond donors (Lipinski definition) is 2. The van der Waals surface area contributed by atoms with E-state index in [1.807, 2.05) is 4.90 Å². The van der Waals surface area contributed by atoms with Crippen molar-refractivity contribution in [2.75, 3.05) is 11.9 Å². The van der Waals surface area contributed by atoms with Gasteiger partial charge in [0.05, 0.1) is 6.04 Å². The molecule has 4 rings (SSSR count). The molecule has 0 aromatic heterocycles. The molecule has 2 aromatic carbocycles. The molecule has 2 aliphatic rings. The number of likely N-dealkylation sites (tertiary alicyclic amines) is 1. The lowest BCUT2D eigenvalue weighted by atomic mass is 9.85. The van der Waals surface area contributed by atoms with Gasteiger partial charge in [-0.2, -0.15) is 0 Å². The zero-order chi connectivity index (χ0) is 21.6. The van der Waals surface area contributed by atoms with E-state index in [-0.39, 0.29) is 23.4 Å². The van der Waals surface area contributed by atoms with Gasteiger partial charge >= 0.3 is 6.03 Å². The summed E-state index contributed by atoms with van der Waals surface area (Å²) in [6.07, 6.45) is 1.93. The second kappa shape index (κ2) is 7.58. The zero-order valence-electron chi connectivity index (χ0n) is 17.3. The number of anilines is 1. The van der Waals surface area contributed by atoms with Crippen molar-refractivity contribution in [3.63, 3.8) is 0 Å². The van der Waals surface area contributed by atoms with Gasteiger partial charge in [0.25, 0.3) is 5.91 Å². The maximum absolute atomic E-state index is 13.9. The van der Waals surface area contributed by atoms with Crippen molar-refractivity contribution in [1.29, 1.82) is 0 Å². The normalized spacial score (nSPS) is 20.8. The molecule has 3 amide bonds. The second-order valence-electron chi connectivity index (χ2n) is 8.99. The number of carbonyl (C=O) groups is 2. The molecule has 5 nitrogen and oxygen atoms in total. The molecular weight excluding hydrogens is 405 g/mol. The van der Waals surface area contributed by atoms with Crippen molar-refractivity contribution in [2.45, 2.75) is 45.7 Å². The molecule has 1 saturated heterocycles. The molecule has 0 unspecified atom stereocenters. The van der Waals surface area contributed by atoms with E-state index < -0.39 is 11.9 Å². The van der Waals surface area contributed by atoms with Gasteiger partial charge in [-0.05, 0) is 48.6 Å². The van der Waals surface area contributed by atoms with Crippen LogP contribution in [0, 0.1) is 11.2 Å². The Morgan fingerprint density at radius 1 is 1.27 bits per heavy atom. The van der Waals surface area contributed by atoms with Crippen molar-refractivity contribution >= 4 is 29.2 Å². The Labute approximate surface area is 180 Å². The van der Waals surface area contributed by atoms with Gasteiger partial charge in [-0.15, -0.1) is 0 Å². The summed E-state index contributed by atoms with van der Waals surface area (Å²) < 4.78 is 13.9. The van der Waals surface area contributed by atoms with E-state index in [9.17, 15) is 14.0 Å². The first-order chi connectivity index (χ1) is 14.2. The van der Waals surface area contributed by atoms with Crippen LogP contribution in [0.25, 0.3) is 0 Å². The summed E-state index contributed by atoms with van der Waals surface area (Å²) in [4.78, 5) is 27.6. The van der Waals surface area contributed by atoms with E-state index in [1.165, 1.54) is 18.2 Å². The quantitative estimate of drug-likeness (QED) is 0.675.